The summed E-state index contributed by atoms with van der Waals surface area (Å²) in [5.74, 6) is -3.49. The number of hydrogen-bond acceptors (Lipinski definition) is 6. The average Bonchev–Trinajstić information content (AvgIpc) is 2.63. The minimum Gasteiger partial charge on any atom is -0.477 e. The predicted octanol–water partition coefficient (Wildman–Crippen LogP) is 2.23. The van der Waals surface area contributed by atoms with Crippen LogP contribution in [-0.4, -0.2) is 25.6 Å². The lowest BCUT2D eigenvalue weighted by Crippen LogP contribution is -2.21. The molecule has 0 saturated heterocycles. The van der Waals surface area contributed by atoms with E-state index in [2.05, 4.69) is 20.8 Å². The zero-order chi connectivity index (χ0) is 18.8. The molecule has 3 aromatic rings. The number of carbonyl (C=O) groups is 1. The third-order valence-electron chi connectivity index (χ3n) is 3.69. The molecule has 2 aromatic heterocycles. The molecule has 10 heteroatoms. The Balaban J connectivity index is 2.16. The van der Waals surface area contributed by atoms with Crippen LogP contribution in [-0.2, 0) is 6.54 Å². The first-order valence-electron chi connectivity index (χ1n) is 7.51. The van der Waals surface area contributed by atoms with E-state index >= 15 is 0 Å². The number of nitrogens with zero attached hydrogens (tertiary/aromatic N) is 3. The number of carboxylic acids is 1. The minimum atomic E-state index is -1.47. The van der Waals surface area contributed by atoms with Gasteiger partial charge >= 0.3 is 5.97 Å². The molecule has 1 aromatic carbocycles. The number of rotatable bonds is 5. The van der Waals surface area contributed by atoms with Crippen molar-refractivity contribution < 1.29 is 18.7 Å². The number of anilines is 2. The molecule has 0 atom stereocenters. The van der Waals surface area contributed by atoms with Gasteiger partial charge < -0.3 is 9.67 Å². The zero-order valence-electron chi connectivity index (χ0n) is 13.5. The second-order valence-corrected chi connectivity index (χ2v) is 5.23. The van der Waals surface area contributed by atoms with Crippen molar-refractivity contribution in [3.8, 4) is 0 Å². The summed E-state index contributed by atoms with van der Waals surface area (Å²) in [6.45, 7) is 1.82. The van der Waals surface area contributed by atoms with Gasteiger partial charge in [-0.1, -0.05) is 0 Å². The third-order valence-corrected chi connectivity index (χ3v) is 3.69. The monoisotopic (exact) mass is 361 g/mol. The number of hydrazine groups is 1. The largest absolute Gasteiger partial charge is 0.477 e. The van der Waals surface area contributed by atoms with E-state index in [1.807, 2.05) is 0 Å². The Bertz CT molecular complexity index is 1050. The Hall–Kier alpha value is -3.56. The average molecular weight is 361 g/mol. The van der Waals surface area contributed by atoms with Gasteiger partial charge in [-0.05, 0) is 19.1 Å². The maximum absolute atomic E-state index is 14.9. The molecule has 0 bridgehead atoms. The number of pyridine rings is 1. The van der Waals surface area contributed by atoms with Gasteiger partial charge in [-0.25, -0.2) is 23.5 Å². The number of halogens is 2. The van der Waals surface area contributed by atoms with E-state index in [1.165, 1.54) is 17.0 Å². The number of carboxylic acid groups (broad SMARTS) is 1. The van der Waals surface area contributed by atoms with Crippen LogP contribution in [0, 0.1) is 11.6 Å². The SMILES string of the molecule is CCn1cc(C(=O)O)c(=O)c2cc(F)c(NNc3ncccn3)c(F)c21. The van der Waals surface area contributed by atoms with Crippen molar-refractivity contribution in [1.82, 2.24) is 14.5 Å². The van der Waals surface area contributed by atoms with Crippen LogP contribution in [0.3, 0.4) is 0 Å². The van der Waals surface area contributed by atoms with E-state index in [-0.39, 0.29) is 23.4 Å². The predicted molar refractivity (Wildman–Crippen MR) is 90.0 cm³/mol. The number of aromatic carboxylic acids is 1. The van der Waals surface area contributed by atoms with Crippen LogP contribution < -0.4 is 16.3 Å². The Kier molecular flexibility index (Phi) is 4.48. The van der Waals surface area contributed by atoms with Crippen molar-refractivity contribution in [2.75, 3.05) is 10.9 Å². The summed E-state index contributed by atoms with van der Waals surface area (Å²) in [5, 5.41) is 8.75. The lowest BCUT2D eigenvalue weighted by atomic mass is 10.1. The summed E-state index contributed by atoms with van der Waals surface area (Å²) in [6, 6.07) is 2.37. The molecule has 0 amide bonds. The molecule has 0 spiro atoms. The summed E-state index contributed by atoms with van der Waals surface area (Å²) in [4.78, 5) is 31.1. The number of aromatic nitrogens is 3. The Labute approximate surface area is 145 Å². The van der Waals surface area contributed by atoms with E-state index < -0.39 is 34.3 Å². The zero-order valence-corrected chi connectivity index (χ0v) is 13.5. The van der Waals surface area contributed by atoms with E-state index in [0.29, 0.717) is 0 Å². The number of benzene rings is 1. The van der Waals surface area contributed by atoms with Crippen LogP contribution in [0.1, 0.15) is 17.3 Å². The Morgan fingerprint density at radius 2 is 1.96 bits per heavy atom. The highest BCUT2D eigenvalue weighted by Gasteiger charge is 2.21. The van der Waals surface area contributed by atoms with Crippen molar-refractivity contribution in [2.45, 2.75) is 13.5 Å². The lowest BCUT2D eigenvalue weighted by Gasteiger charge is -2.15. The summed E-state index contributed by atoms with van der Waals surface area (Å²) < 4.78 is 30.5. The molecule has 26 heavy (non-hydrogen) atoms. The van der Waals surface area contributed by atoms with Crippen molar-refractivity contribution in [3.63, 3.8) is 0 Å². The van der Waals surface area contributed by atoms with Crippen LogP contribution >= 0.6 is 0 Å². The normalized spacial score (nSPS) is 10.7. The molecule has 8 nitrogen and oxygen atoms in total. The first-order valence-corrected chi connectivity index (χ1v) is 7.51. The van der Waals surface area contributed by atoms with E-state index in [4.69, 9.17) is 5.11 Å². The molecule has 3 rings (SSSR count). The third kappa shape index (κ3) is 2.92. The molecule has 0 fully saturated rings. The summed E-state index contributed by atoms with van der Waals surface area (Å²) in [6.07, 6.45) is 3.91. The fraction of sp³-hybridized carbons (Fsp3) is 0.125. The maximum atomic E-state index is 14.9. The van der Waals surface area contributed by atoms with Gasteiger partial charge in [0.05, 0.1) is 10.9 Å². The van der Waals surface area contributed by atoms with Crippen LogP contribution in [0.4, 0.5) is 20.4 Å². The summed E-state index contributed by atoms with van der Waals surface area (Å²) in [5.41, 5.74) is 2.53. The standard InChI is InChI=1S/C16H13F2N5O3/c1-2-23-7-9(15(25)26)14(24)8-6-10(17)12(11(18)13(8)23)21-22-16-19-4-3-5-20-16/h3-7,21H,2H2,1H3,(H,25,26)(H,19,20,22). The Morgan fingerprint density at radius 1 is 1.27 bits per heavy atom. The molecule has 0 aliphatic heterocycles. The summed E-state index contributed by atoms with van der Waals surface area (Å²) >= 11 is 0. The molecule has 0 unspecified atom stereocenters. The highest BCUT2D eigenvalue weighted by atomic mass is 19.1. The number of aryl methyl sites for hydroxylation is 1. The highest BCUT2D eigenvalue weighted by Crippen LogP contribution is 2.27. The number of fused-ring (bicyclic) bond motifs is 1. The second-order valence-electron chi connectivity index (χ2n) is 5.23. The molecule has 0 aliphatic rings. The molecule has 0 radical (unpaired) electrons. The molecule has 134 valence electrons. The molecular formula is C16H13F2N5O3. The molecule has 3 N–H and O–H groups in total. The summed E-state index contributed by atoms with van der Waals surface area (Å²) in [7, 11) is 0. The second kappa shape index (κ2) is 6.75. The minimum absolute atomic E-state index is 0.0838. The number of nitrogens with one attached hydrogen (secondary N) is 2. The smallest absolute Gasteiger partial charge is 0.341 e. The van der Waals surface area contributed by atoms with Crippen LogP contribution in [0.15, 0.2) is 35.5 Å². The fourth-order valence-electron chi connectivity index (χ4n) is 2.49. The van der Waals surface area contributed by atoms with Crippen molar-refractivity contribution in [1.29, 1.82) is 0 Å². The van der Waals surface area contributed by atoms with Gasteiger partial charge in [0.1, 0.15) is 11.3 Å². The van der Waals surface area contributed by atoms with E-state index in [0.717, 1.165) is 12.3 Å². The van der Waals surface area contributed by atoms with Crippen LogP contribution in [0.25, 0.3) is 10.9 Å². The van der Waals surface area contributed by atoms with Gasteiger partial charge in [0, 0.05) is 25.1 Å². The van der Waals surface area contributed by atoms with Gasteiger partial charge in [-0.2, -0.15) is 0 Å². The topological polar surface area (TPSA) is 109 Å². The molecule has 0 aliphatic carbocycles. The quantitative estimate of drug-likeness (QED) is 0.598. The van der Waals surface area contributed by atoms with Crippen molar-refractivity contribution in [2.24, 2.45) is 0 Å². The Morgan fingerprint density at radius 3 is 2.58 bits per heavy atom. The first-order chi connectivity index (χ1) is 12.4. The first kappa shape index (κ1) is 17.3. The molecule has 0 saturated carbocycles. The lowest BCUT2D eigenvalue weighted by molar-refractivity contribution is 0.0695. The van der Waals surface area contributed by atoms with Crippen LogP contribution in [0.5, 0.6) is 0 Å². The van der Waals surface area contributed by atoms with Gasteiger partial charge in [-0.3, -0.25) is 15.6 Å². The van der Waals surface area contributed by atoms with Gasteiger partial charge in [0.2, 0.25) is 11.4 Å². The van der Waals surface area contributed by atoms with Crippen molar-refractivity contribution in [3.05, 3.63) is 58.1 Å². The van der Waals surface area contributed by atoms with Gasteiger partial charge in [0.15, 0.2) is 11.6 Å². The fourth-order valence-corrected chi connectivity index (χ4v) is 2.49. The van der Waals surface area contributed by atoms with Gasteiger partial charge in [0.25, 0.3) is 0 Å². The molecular weight excluding hydrogens is 348 g/mol. The van der Waals surface area contributed by atoms with E-state index in [1.54, 1.807) is 13.0 Å². The van der Waals surface area contributed by atoms with Gasteiger partial charge in [-0.15, -0.1) is 0 Å². The maximum Gasteiger partial charge on any atom is 0.341 e. The number of hydrogen-bond donors (Lipinski definition) is 3. The van der Waals surface area contributed by atoms with Crippen LogP contribution in [0.2, 0.25) is 0 Å². The van der Waals surface area contributed by atoms with E-state index in [9.17, 15) is 18.4 Å². The van der Waals surface area contributed by atoms with Crippen molar-refractivity contribution >= 4 is 28.5 Å². The molecule has 2 heterocycles. The highest BCUT2D eigenvalue weighted by molar-refractivity contribution is 5.93.